The van der Waals surface area contributed by atoms with Crippen molar-refractivity contribution in [1.29, 1.82) is 0 Å². The molecule has 0 unspecified atom stereocenters. The van der Waals surface area contributed by atoms with E-state index in [-0.39, 0.29) is 55.1 Å². The molecule has 19 nitrogen and oxygen atoms in total. The largest absolute Gasteiger partial charge is 0.455 e. The van der Waals surface area contributed by atoms with Crippen molar-refractivity contribution < 1.29 is 43.3 Å². The van der Waals surface area contributed by atoms with Crippen LogP contribution in [0.4, 0.5) is 26.7 Å². The fourth-order valence-corrected chi connectivity index (χ4v) is 7.84. The van der Waals surface area contributed by atoms with Gasteiger partial charge in [-0.1, -0.05) is 23.7 Å². The molecule has 20 heteroatoms. The molecule has 2 aliphatic heterocycles. The molecule has 4 heterocycles. The maximum atomic E-state index is 14.5. The lowest BCUT2D eigenvalue weighted by atomic mass is 9.98. The fraction of sp³-hybridized carbons (Fsp3) is 0.400. The molecule has 7 rings (SSSR count). The van der Waals surface area contributed by atoms with E-state index in [1.165, 1.54) is 32.9 Å². The summed E-state index contributed by atoms with van der Waals surface area (Å²) in [5.74, 6) is -3.07. The van der Waals surface area contributed by atoms with Crippen molar-refractivity contribution >= 4 is 75.4 Å². The Bertz CT molecular complexity index is 2610. The van der Waals surface area contributed by atoms with Gasteiger partial charge < -0.3 is 39.9 Å². The number of fused-ring (bicyclic) bond motifs is 1. The molecule has 0 radical (unpaired) electrons. The molecule has 3 N–H and O–H groups in total. The number of aromatic nitrogens is 5. The molecule has 0 saturated carbocycles. The maximum absolute atomic E-state index is 14.5. The zero-order chi connectivity index (χ0) is 46.8. The lowest BCUT2D eigenvalue weighted by Gasteiger charge is -2.38. The van der Waals surface area contributed by atoms with E-state index >= 15 is 0 Å². The monoisotopic (exact) mass is 910 g/mol. The van der Waals surface area contributed by atoms with Gasteiger partial charge in [0.2, 0.25) is 5.91 Å². The quantitative estimate of drug-likeness (QED) is 0.114. The van der Waals surface area contributed by atoms with Gasteiger partial charge in [-0.15, -0.1) is 5.10 Å². The van der Waals surface area contributed by atoms with E-state index in [4.69, 9.17) is 21.1 Å². The molecule has 1 atom stereocenters. The Labute approximate surface area is 379 Å². The van der Waals surface area contributed by atoms with Crippen LogP contribution in [0.15, 0.2) is 73.1 Å². The Morgan fingerprint density at radius 3 is 2.15 bits per heavy atom. The number of benzene rings is 3. The highest BCUT2D eigenvalue weighted by Crippen LogP contribution is 2.31. The number of halogens is 1. The SMILES string of the molecule is CC(C)(C)OC(=O)c1cc2cc(NC(=O)[C@H](Cc3ccc(NC(=O)N4CCC(CO)CC4)cc3)N3CCN(c4cc(Cl)ccc4-n4cnnn4)C(=O)C3=O)ccc2n1C(=O)OC(C)(C)C. The topological polar surface area (TPSA) is 223 Å². The smallest absolute Gasteiger partial charge is 0.419 e. The maximum Gasteiger partial charge on any atom is 0.419 e. The molecule has 2 aliphatic rings. The van der Waals surface area contributed by atoms with Gasteiger partial charge in [-0.25, -0.2) is 19.0 Å². The van der Waals surface area contributed by atoms with E-state index in [0.717, 1.165) is 4.57 Å². The van der Waals surface area contributed by atoms with Crippen LogP contribution in [0.3, 0.4) is 0 Å². The van der Waals surface area contributed by atoms with Crippen molar-refractivity contribution in [2.24, 2.45) is 5.92 Å². The van der Waals surface area contributed by atoms with E-state index in [0.29, 0.717) is 58.8 Å². The number of piperidine rings is 1. The highest BCUT2D eigenvalue weighted by Gasteiger charge is 2.41. The summed E-state index contributed by atoms with van der Waals surface area (Å²) in [5.41, 5.74) is 0.572. The van der Waals surface area contributed by atoms with Gasteiger partial charge in [-0.3, -0.25) is 14.4 Å². The third kappa shape index (κ3) is 10.7. The Morgan fingerprint density at radius 2 is 1.51 bits per heavy atom. The summed E-state index contributed by atoms with van der Waals surface area (Å²) in [4.78, 5) is 86.9. The van der Waals surface area contributed by atoms with Crippen molar-refractivity contribution in [2.45, 2.75) is 78.0 Å². The molecule has 342 valence electrons. The number of amides is 5. The molecule has 2 aromatic heterocycles. The molecule has 2 fully saturated rings. The first-order chi connectivity index (χ1) is 30.8. The highest BCUT2D eigenvalue weighted by molar-refractivity contribution is 6.41. The number of esters is 1. The minimum absolute atomic E-state index is 0.0120. The summed E-state index contributed by atoms with van der Waals surface area (Å²) in [7, 11) is 0. The van der Waals surface area contributed by atoms with E-state index in [2.05, 4.69) is 26.2 Å². The number of aliphatic hydroxyl groups is 1. The Kier molecular flexibility index (Phi) is 13.3. The van der Waals surface area contributed by atoms with Gasteiger partial charge in [-0.2, -0.15) is 4.68 Å². The van der Waals surface area contributed by atoms with Gasteiger partial charge in [0.1, 0.15) is 29.3 Å². The summed E-state index contributed by atoms with van der Waals surface area (Å²) in [6.45, 7) is 11.3. The fourth-order valence-electron chi connectivity index (χ4n) is 7.67. The van der Waals surface area contributed by atoms with Crippen LogP contribution in [-0.2, 0) is 30.3 Å². The predicted molar refractivity (Wildman–Crippen MR) is 240 cm³/mol. The van der Waals surface area contributed by atoms with Crippen molar-refractivity contribution in [3.8, 4) is 5.69 Å². The van der Waals surface area contributed by atoms with Gasteiger partial charge in [0, 0.05) is 61.0 Å². The van der Waals surface area contributed by atoms with Crippen LogP contribution < -0.4 is 15.5 Å². The normalized spacial score (nSPS) is 15.5. The van der Waals surface area contributed by atoms with Crippen molar-refractivity contribution in [3.05, 3.63) is 89.3 Å². The molecule has 0 aliphatic carbocycles. The molecular formula is C45H51ClN10O9. The predicted octanol–water partition coefficient (Wildman–Crippen LogP) is 5.67. The summed E-state index contributed by atoms with van der Waals surface area (Å²) >= 11 is 6.36. The zero-order valence-electron chi connectivity index (χ0n) is 36.9. The number of ether oxygens (including phenoxy) is 2. The Balaban J connectivity index is 1.17. The third-order valence-electron chi connectivity index (χ3n) is 10.8. The number of piperazine rings is 1. The number of tetrazole rings is 1. The first-order valence-electron chi connectivity index (χ1n) is 21.1. The number of carbonyl (C=O) groups excluding carboxylic acids is 6. The first-order valence-corrected chi connectivity index (χ1v) is 21.5. The number of anilines is 3. The number of aliphatic hydroxyl groups excluding tert-OH is 1. The summed E-state index contributed by atoms with van der Waals surface area (Å²) in [6.07, 6.45) is 1.93. The van der Waals surface area contributed by atoms with Gasteiger partial charge >= 0.3 is 29.9 Å². The third-order valence-corrected chi connectivity index (χ3v) is 11.0. The van der Waals surface area contributed by atoms with Crippen molar-refractivity contribution in [3.63, 3.8) is 0 Å². The minimum atomic E-state index is -1.22. The van der Waals surface area contributed by atoms with Gasteiger partial charge in [0.05, 0.1) is 16.9 Å². The second kappa shape index (κ2) is 18.7. The lowest BCUT2D eigenvalue weighted by molar-refractivity contribution is -0.149. The zero-order valence-corrected chi connectivity index (χ0v) is 37.7. The van der Waals surface area contributed by atoms with Crippen LogP contribution in [0.2, 0.25) is 5.02 Å². The van der Waals surface area contributed by atoms with Crippen LogP contribution in [0.25, 0.3) is 16.6 Å². The Hall–Kier alpha value is -6.86. The summed E-state index contributed by atoms with van der Waals surface area (Å²) in [5, 5.41) is 27.3. The van der Waals surface area contributed by atoms with E-state index in [1.54, 1.807) is 101 Å². The minimum Gasteiger partial charge on any atom is -0.455 e. The van der Waals surface area contributed by atoms with Gasteiger partial charge in [-0.05, 0) is 131 Å². The lowest BCUT2D eigenvalue weighted by Crippen LogP contribution is -2.60. The number of urea groups is 1. The first kappa shape index (κ1) is 46.1. The second-order valence-electron chi connectivity index (χ2n) is 17.9. The highest BCUT2D eigenvalue weighted by atomic mass is 35.5. The number of hydrogen-bond acceptors (Lipinski definition) is 12. The van der Waals surface area contributed by atoms with Crippen molar-refractivity contribution in [2.75, 3.05) is 48.3 Å². The summed E-state index contributed by atoms with van der Waals surface area (Å²) < 4.78 is 13.7. The van der Waals surface area contributed by atoms with E-state index < -0.39 is 47.0 Å². The van der Waals surface area contributed by atoms with Crippen LogP contribution >= 0.6 is 11.6 Å². The number of hydrogen-bond donors (Lipinski definition) is 3. The van der Waals surface area contributed by atoms with Crippen LogP contribution in [0, 0.1) is 5.92 Å². The van der Waals surface area contributed by atoms with E-state index in [9.17, 15) is 33.9 Å². The van der Waals surface area contributed by atoms with Crippen LogP contribution in [-0.4, -0.2) is 126 Å². The van der Waals surface area contributed by atoms with E-state index in [1.807, 2.05) is 0 Å². The number of carbonyl (C=O) groups is 6. The number of likely N-dealkylation sites (tertiary alicyclic amines) is 1. The standard InChI is InChI=1S/C45H51ClN10O9/c1-44(2,3)64-41(61)37-23-29-22-32(12-14-33(29)56(37)43(63)65-45(4,5)6)48-38(58)36(21-27-7-10-31(11-8-27)49-42(62)52-17-15-28(25-57)16-18-52)54-20-19-53(39(59)40(54)60)35-24-30(46)9-13-34(35)55-26-47-50-51-55/h7-14,22-24,26,28,36,57H,15-21,25H2,1-6H3,(H,48,58)(H,49,62)/t36-/m0/s1. The summed E-state index contributed by atoms with van der Waals surface area (Å²) in [6, 6.07) is 16.2. The molecule has 5 amide bonds. The van der Waals surface area contributed by atoms with Crippen molar-refractivity contribution in [1.82, 2.24) is 34.6 Å². The Morgan fingerprint density at radius 1 is 0.815 bits per heavy atom. The molecule has 3 aromatic carbocycles. The number of nitrogens with zero attached hydrogens (tertiary/aromatic N) is 8. The average Bonchev–Trinajstić information content (AvgIpc) is 3.92. The van der Waals surface area contributed by atoms with Gasteiger partial charge in [0.25, 0.3) is 0 Å². The van der Waals surface area contributed by atoms with Crippen LogP contribution in [0.1, 0.15) is 70.4 Å². The van der Waals surface area contributed by atoms with Gasteiger partial charge in [0.15, 0.2) is 0 Å². The number of nitrogens with one attached hydrogen (secondary N) is 2. The molecule has 5 aromatic rings. The van der Waals surface area contributed by atoms with Crippen LogP contribution in [0.5, 0.6) is 0 Å². The average molecular weight is 911 g/mol. The number of rotatable bonds is 10. The molecule has 0 bridgehead atoms. The second-order valence-corrected chi connectivity index (χ2v) is 18.3. The molecule has 2 saturated heterocycles. The molecular weight excluding hydrogens is 860 g/mol. The molecule has 65 heavy (non-hydrogen) atoms. The molecule has 0 spiro atoms.